The lowest BCUT2D eigenvalue weighted by Crippen LogP contribution is -2.18. The molecule has 4 heteroatoms. The van der Waals surface area contributed by atoms with Crippen LogP contribution in [0.5, 0.6) is 0 Å². The van der Waals surface area contributed by atoms with E-state index in [-0.39, 0.29) is 11.9 Å². The average molecular weight is 246 g/mol. The van der Waals surface area contributed by atoms with E-state index in [1.54, 1.807) is 18.9 Å². The minimum atomic E-state index is -0.341. The molecule has 0 rings (SSSR count). The van der Waals surface area contributed by atoms with Gasteiger partial charge in [-0.05, 0) is 18.6 Å². The van der Waals surface area contributed by atoms with Crippen LogP contribution in [0.1, 0.15) is 27.7 Å². The fourth-order valence-electron chi connectivity index (χ4n) is 1.45. The van der Waals surface area contributed by atoms with Gasteiger partial charge in [-0.1, -0.05) is 20.8 Å². The minimum absolute atomic E-state index is 0.258. The zero-order chi connectivity index (χ0) is 12.7. The summed E-state index contributed by atoms with van der Waals surface area (Å²) < 4.78 is 10.1. The van der Waals surface area contributed by atoms with Gasteiger partial charge in [-0.3, -0.25) is 4.79 Å². The van der Waals surface area contributed by atoms with Crippen LogP contribution >= 0.6 is 11.8 Å². The van der Waals surface area contributed by atoms with Crippen molar-refractivity contribution in [3.8, 4) is 0 Å². The van der Waals surface area contributed by atoms with Gasteiger partial charge in [0.15, 0.2) is 0 Å². The third-order valence-electron chi connectivity index (χ3n) is 2.24. The standard InChI is InChI=1S/C12H22O3S/c1-7-16-11(8(2)3)10(14-5)9(4)12(13)15-6/h8-9H,7H2,1-6H3/b11-10+. The molecule has 0 fully saturated rings. The summed E-state index contributed by atoms with van der Waals surface area (Å²) in [5, 5.41) is 0. The number of esters is 1. The second-order valence-electron chi connectivity index (χ2n) is 3.77. The number of carbonyl (C=O) groups is 1. The summed E-state index contributed by atoms with van der Waals surface area (Å²) in [7, 11) is 3.00. The van der Waals surface area contributed by atoms with Gasteiger partial charge in [0.25, 0.3) is 0 Å². The molecule has 1 unspecified atom stereocenters. The summed E-state index contributed by atoms with van der Waals surface area (Å²) in [4.78, 5) is 12.6. The Morgan fingerprint density at radius 1 is 1.19 bits per heavy atom. The van der Waals surface area contributed by atoms with Crippen LogP contribution in [0.25, 0.3) is 0 Å². The van der Waals surface area contributed by atoms with Crippen LogP contribution < -0.4 is 0 Å². The Labute approximate surface area is 103 Å². The number of ether oxygens (including phenoxy) is 2. The second-order valence-corrected chi connectivity index (χ2v) is 5.07. The third kappa shape index (κ3) is 4.08. The highest BCUT2D eigenvalue weighted by atomic mass is 32.2. The number of hydrogen-bond acceptors (Lipinski definition) is 4. The minimum Gasteiger partial charge on any atom is -0.499 e. The predicted molar refractivity (Wildman–Crippen MR) is 68.2 cm³/mol. The van der Waals surface area contributed by atoms with Gasteiger partial charge in [-0.15, -0.1) is 11.8 Å². The first kappa shape index (κ1) is 15.4. The highest BCUT2D eigenvalue weighted by Crippen LogP contribution is 2.31. The van der Waals surface area contributed by atoms with E-state index >= 15 is 0 Å². The van der Waals surface area contributed by atoms with Gasteiger partial charge >= 0.3 is 5.97 Å². The van der Waals surface area contributed by atoms with Gasteiger partial charge in [0.1, 0.15) is 11.7 Å². The van der Waals surface area contributed by atoms with Gasteiger partial charge in [0.05, 0.1) is 14.2 Å². The zero-order valence-electron chi connectivity index (χ0n) is 11.0. The van der Waals surface area contributed by atoms with Crippen LogP contribution in [-0.4, -0.2) is 25.9 Å². The van der Waals surface area contributed by atoms with Gasteiger partial charge in [0.2, 0.25) is 0 Å². The summed E-state index contributed by atoms with van der Waals surface area (Å²) in [6, 6.07) is 0. The Kier molecular flexibility index (Phi) is 7.30. The molecule has 0 N–H and O–H groups in total. The Hall–Kier alpha value is -0.640. The third-order valence-corrected chi connectivity index (χ3v) is 3.51. The van der Waals surface area contributed by atoms with E-state index in [4.69, 9.17) is 9.47 Å². The Balaban J connectivity index is 5.14. The molecule has 0 saturated heterocycles. The molecule has 0 aliphatic heterocycles. The van der Waals surface area contributed by atoms with Crippen LogP contribution in [0.3, 0.4) is 0 Å². The lowest BCUT2D eigenvalue weighted by molar-refractivity contribution is -0.144. The molecule has 1 atom stereocenters. The number of carbonyl (C=O) groups excluding carboxylic acids is 1. The van der Waals surface area contributed by atoms with E-state index in [2.05, 4.69) is 20.8 Å². The van der Waals surface area contributed by atoms with E-state index in [1.807, 2.05) is 6.92 Å². The predicted octanol–water partition coefficient (Wildman–Crippen LogP) is 3.06. The molecule has 0 heterocycles. The van der Waals surface area contributed by atoms with Crippen LogP contribution in [0, 0.1) is 11.8 Å². The number of allylic oxidation sites excluding steroid dienone is 1. The van der Waals surface area contributed by atoms with Crippen molar-refractivity contribution in [3.63, 3.8) is 0 Å². The van der Waals surface area contributed by atoms with E-state index in [0.29, 0.717) is 5.92 Å². The summed E-state index contributed by atoms with van der Waals surface area (Å²) >= 11 is 1.72. The summed E-state index contributed by atoms with van der Waals surface area (Å²) in [5.41, 5.74) is 0. The fraction of sp³-hybridized carbons (Fsp3) is 0.750. The Morgan fingerprint density at radius 3 is 2.06 bits per heavy atom. The van der Waals surface area contributed by atoms with Crippen LogP contribution in [0.4, 0.5) is 0 Å². The van der Waals surface area contributed by atoms with E-state index in [9.17, 15) is 4.79 Å². The van der Waals surface area contributed by atoms with Gasteiger partial charge < -0.3 is 9.47 Å². The first-order valence-corrected chi connectivity index (χ1v) is 6.46. The fourth-order valence-corrected chi connectivity index (χ4v) is 2.50. The largest absolute Gasteiger partial charge is 0.499 e. The highest BCUT2D eigenvalue weighted by molar-refractivity contribution is 8.03. The first-order chi connectivity index (χ1) is 7.49. The van der Waals surface area contributed by atoms with Crippen LogP contribution in [-0.2, 0) is 14.3 Å². The molecule has 0 amide bonds. The van der Waals surface area contributed by atoms with Crippen molar-refractivity contribution < 1.29 is 14.3 Å². The summed E-state index contributed by atoms with van der Waals surface area (Å²) in [6.07, 6.45) is 0. The van der Waals surface area contributed by atoms with Crippen molar-refractivity contribution in [3.05, 3.63) is 10.7 Å². The SMILES string of the molecule is CCS/C(=C(/OC)C(C)C(=O)OC)C(C)C. The summed E-state index contributed by atoms with van der Waals surface area (Å²) in [5.74, 6) is 1.45. The van der Waals surface area contributed by atoms with Crippen molar-refractivity contribution in [2.24, 2.45) is 11.8 Å². The van der Waals surface area contributed by atoms with Crippen molar-refractivity contribution in [1.29, 1.82) is 0 Å². The van der Waals surface area contributed by atoms with Crippen molar-refractivity contribution in [1.82, 2.24) is 0 Å². The van der Waals surface area contributed by atoms with Crippen molar-refractivity contribution >= 4 is 17.7 Å². The molecule has 0 saturated carbocycles. The Bertz CT molecular complexity index is 259. The molecular formula is C12H22O3S. The molecular weight excluding hydrogens is 224 g/mol. The number of rotatable bonds is 6. The maximum absolute atomic E-state index is 11.5. The molecule has 0 aromatic heterocycles. The quantitative estimate of drug-likeness (QED) is 0.533. The van der Waals surface area contributed by atoms with Gasteiger partial charge in [-0.25, -0.2) is 0 Å². The molecule has 0 aromatic rings. The molecule has 3 nitrogen and oxygen atoms in total. The topological polar surface area (TPSA) is 35.5 Å². The molecule has 0 aliphatic rings. The van der Waals surface area contributed by atoms with E-state index < -0.39 is 0 Å². The van der Waals surface area contributed by atoms with E-state index in [0.717, 1.165) is 16.4 Å². The lowest BCUT2D eigenvalue weighted by Gasteiger charge is -2.20. The molecule has 16 heavy (non-hydrogen) atoms. The maximum Gasteiger partial charge on any atom is 0.316 e. The summed E-state index contributed by atoms with van der Waals surface area (Å²) in [6.45, 7) is 8.09. The first-order valence-electron chi connectivity index (χ1n) is 5.48. The number of thioether (sulfide) groups is 1. The normalized spacial score (nSPS) is 14.4. The van der Waals surface area contributed by atoms with Crippen LogP contribution in [0.15, 0.2) is 10.7 Å². The van der Waals surface area contributed by atoms with Gasteiger partial charge in [-0.2, -0.15) is 0 Å². The number of hydrogen-bond donors (Lipinski definition) is 0. The molecule has 0 bridgehead atoms. The molecule has 0 aromatic carbocycles. The van der Waals surface area contributed by atoms with Crippen LogP contribution in [0.2, 0.25) is 0 Å². The maximum atomic E-state index is 11.5. The molecule has 0 radical (unpaired) electrons. The van der Waals surface area contributed by atoms with E-state index in [1.165, 1.54) is 7.11 Å². The molecule has 0 aliphatic carbocycles. The van der Waals surface area contributed by atoms with Gasteiger partial charge in [0, 0.05) is 4.91 Å². The average Bonchev–Trinajstić information content (AvgIpc) is 2.27. The lowest BCUT2D eigenvalue weighted by atomic mass is 10.1. The Morgan fingerprint density at radius 2 is 1.75 bits per heavy atom. The highest BCUT2D eigenvalue weighted by Gasteiger charge is 2.24. The van der Waals surface area contributed by atoms with Crippen molar-refractivity contribution in [2.45, 2.75) is 27.7 Å². The van der Waals surface area contributed by atoms with Crippen molar-refractivity contribution in [2.75, 3.05) is 20.0 Å². The monoisotopic (exact) mass is 246 g/mol. The molecule has 94 valence electrons. The zero-order valence-corrected chi connectivity index (χ0v) is 11.8. The smallest absolute Gasteiger partial charge is 0.316 e. The molecule has 0 spiro atoms. The second kappa shape index (κ2) is 7.60. The number of methoxy groups -OCH3 is 2.